The topological polar surface area (TPSA) is 24.5 Å². The Balaban J connectivity index is 2.50. The van der Waals surface area contributed by atoms with Crippen molar-refractivity contribution in [3.63, 3.8) is 0 Å². The molecule has 0 saturated carbocycles. The molecule has 3 nitrogen and oxygen atoms in total. The Kier molecular flexibility index (Phi) is 7.51. The summed E-state index contributed by atoms with van der Waals surface area (Å²) in [5.74, 6) is 0. The van der Waals surface area contributed by atoms with Crippen LogP contribution in [0.5, 0.6) is 0 Å². The molecule has 0 aliphatic carbocycles. The third-order valence-corrected chi connectivity index (χ3v) is 4.13. The van der Waals surface area contributed by atoms with Crippen LogP contribution < -0.4 is 5.32 Å². The molecule has 1 heterocycles. The van der Waals surface area contributed by atoms with Crippen molar-refractivity contribution < 1.29 is 4.74 Å². The van der Waals surface area contributed by atoms with E-state index in [1.165, 1.54) is 9.75 Å². The molecule has 1 unspecified atom stereocenters. The lowest BCUT2D eigenvalue weighted by atomic mass is 10.3. The maximum Gasteiger partial charge on any atom is 0.0615 e. The highest BCUT2D eigenvalue weighted by Gasteiger charge is 2.13. The van der Waals surface area contributed by atoms with Crippen LogP contribution in [0.2, 0.25) is 0 Å². The summed E-state index contributed by atoms with van der Waals surface area (Å²) in [5.41, 5.74) is 0. The van der Waals surface area contributed by atoms with Gasteiger partial charge in [0.05, 0.1) is 6.61 Å². The van der Waals surface area contributed by atoms with Gasteiger partial charge in [0.25, 0.3) is 0 Å². The smallest absolute Gasteiger partial charge is 0.0615 e. The van der Waals surface area contributed by atoms with E-state index in [0.29, 0.717) is 6.04 Å². The van der Waals surface area contributed by atoms with Gasteiger partial charge in [-0.3, -0.25) is 4.90 Å². The summed E-state index contributed by atoms with van der Waals surface area (Å²) >= 11 is 1.91. The van der Waals surface area contributed by atoms with Gasteiger partial charge < -0.3 is 10.1 Å². The third kappa shape index (κ3) is 5.06. The minimum atomic E-state index is 0.472. The van der Waals surface area contributed by atoms with Crippen LogP contribution in [0, 0.1) is 0 Å². The number of ether oxygens (including phenoxy) is 1. The molecule has 1 atom stereocenters. The van der Waals surface area contributed by atoms with E-state index in [2.05, 4.69) is 43.1 Å². The van der Waals surface area contributed by atoms with Crippen LogP contribution in [0.4, 0.5) is 0 Å². The molecular weight excluding hydrogens is 244 g/mol. The average Bonchev–Trinajstić information content (AvgIpc) is 2.81. The van der Waals surface area contributed by atoms with Gasteiger partial charge in [0.1, 0.15) is 0 Å². The van der Waals surface area contributed by atoms with Gasteiger partial charge in [-0.2, -0.15) is 0 Å². The van der Waals surface area contributed by atoms with Gasteiger partial charge in [-0.05, 0) is 32.1 Å². The quantitative estimate of drug-likeness (QED) is 0.747. The zero-order chi connectivity index (χ0) is 13.4. The van der Waals surface area contributed by atoms with Gasteiger partial charge in [0.15, 0.2) is 0 Å². The summed E-state index contributed by atoms with van der Waals surface area (Å²) < 4.78 is 5.23. The Labute approximate surface area is 115 Å². The van der Waals surface area contributed by atoms with Gasteiger partial charge in [0.2, 0.25) is 0 Å². The molecule has 0 bridgehead atoms. The number of rotatable bonds is 9. The van der Waals surface area contributed by atoms with Crippen LogP contribution in [0.25, 0.3) is 0 Å². The van der Waals surface area contributed by atoms with Crippen molar-refractivity contribution in [1.82, 2.24) is 10.2 Å². The first-order valence-electron chi connectivity index (χ1n) is 6.72. The standard InChI is InChI=1S/C14H26N2OS/c1-5-15-9-13-7-8-14(18-13)10-16(6-2)12(3)11-17-4/h7-8,12,15H,5-6,9-11H2,1-4H3. The number of nitrogens with zero attached hydrogens (tertiary/aromatic N) is 1. The van der Waals surface area contributed by atoms with E-state index >= 15 is 0 Å². The summed E-state index contributed by atoms with van der Waals surface area (Å²) in [6, 6.07) is 4.95. The molecule has 104 valence electrons. The van der Waals surface area contributed by atoms with E-state index in [0.717, 1.165) is 32.8 Å². The van der Waals surface area contributed by atoms with Crippen molar-refractivity contribution >= 4 is 11.3 Å². The molecule has 0 spiro atoms. The molecule has 4 heteroatoms. The molecule has 1 N–H and O–H groups in total. The summed E-state index contributed by atoms with van der Waals surface area (Å²) in [6.45, 7) is 11.5. The summed E-state index contributed by atoms with van der Waals surface area (Å²) in [6.07, 6.45) is 0. The second-order valence-corrected chi connectivity index (χ2v) is 5.77. The SMILES string of the molecule is CCNCc1ccc(CN(CC)C(C)COC)s1. The monoisotopic (exact) mass is 270 g/mol. The predicted molar refractivity (Wildman–Crippen MR) is 79.1 cm³/mol. The molecule has 0 aliphatic rings. The highest BCUT2D eigenvalue weighted by molar-refractivity contribution is 7.11. The molecule has 0 saturated heterocycles. The molecule has 0 aromatic carbocycles. The number of nitrogens with one attached hydrogen (secondary N) is 1. The van der Waals surface area contributed by atoms with Gasteiger partial charge >= 0.3 is 0 Å². The van der Waals surface area contributed by atoms with Crippen LogP contribution in [0.3, 0.4) is 0 Å². The zero-order valence-corrected chi connectivity index (χ0v) is 12.8. The lowest BCUT2D eigenvalue weighted by Gasteiger charge is -2.26. The van der Waals surface area contributed by atoms with Crippen LogP contribution >= 0.6 is 11.3 Å². The third-order valence-electron chi connectivity index (χ3n) is 3.06. The van der Waals surface area contributed by atoms with Crippen molar-refractivity contribution in [3.8, 4) is 0 Å². The van der Waals surface area contributed by atoms with Crippen molar-refractivity contribution in [2.75, 3.05) is 26.8 Å². The van der Waals surface area contributed by atoms with Crippen LogP contribution in [0.1, 0.15) is 30.5 Å². The van der Waals surface area contributed by atoms with E-state index < -0.39 is 0 Å². The fraction of sp³-hybridized carbons (Fsp3) is 0.714. The molecule has 0 aliphatic heterocycles. The van der Waals surface area contributed by atoms with Gasteiger partial charge in [-0.25, -0.2) is 0 Å². The second kappa shape index (κ2) is 8.64. The predicted octanol–water partition coefficient (Wildman–Crippen LogP) is 2.71. The highest BCUT2D eigenvalue weighted by atomic mass is 32.1. The van der Waals surface area contributed by atoms with Crippen LogP contribution in [-0.2, 0) is 17.8 Å². The van der Waals surface area contributed by atoms with Gasteiger partial charge in [0, 0.05) is 36.0 Å². The Hall–Kier alpha value is -0.420. The number of thiophene rings is 1. The molecule has 18 heavy (non-hydrogen) atoms. The van der Waals surface area contributed by atoms with Gasteiger partial charge in [-0.15, -0.1) is 11.3 Å². The Morgan fingerprint density at radius 2 is 2.06 bits per heavy atom. The van der Waals surface area contributed by atoms with Crippen LogP contribution in [0.15, 0.2) is 12.1 Å². The molecule has 0 amide bonds. The van der Waals surface area contributed by atoms with Crippen molar-refractivity contribution in [2.45, 2.75) is 39.9 Å². The number of methoxy groups -OCH3 is 1. The molecule has 0 radical (unpaired) electrons. The summed E-state index contributed by atoms with van der Waals surface area (Å²) in [7, 11) is 1.77. The number of hydrogen-bond acceptors (Lipinski definition) is 4. The first-order chi connectivity index (χ1) is 8.71. The van der Waals surface area contributed by atoms with Crippen LogP contribution in [-0.4, -0.2) is 37.7 Å². The number of hydrogen-bond donors (Lipinski definition) is 1. The Bertz CT molecular complexity index is 327. The Morgan fingerprint density at radius 1 is 1.33 bits per heavy atom. The summed E-state index contributed by atoms with van der Waals surface area (Å²) in [5, 5.41) is 3.37. The number of likely N-dealkylation sites (N-methyl/N-ethyl adjacent to an activating group) is 1. The zero-order valence-electron chi connectivity index (χ0n) is 12.0. The van der Waals surface area contributed by atoms with Crippen molar-refractivity contribution in [1.29, 1.82) is 0 Å². The molecule has 1 aromatic rings. The minimum Gasteiger partial charge on any atom is -0.383 e. The van der Waals surface area contributed by atoms with E-state index in [1.807, 2.05) is 11.3 Å². The lowest BCUT2D eigenvalue weighted by Crippen LogP contribution is -2.35. The minimum absolute atomic E-state index is 0.472. The second-order valence-electron chi connectivity index (χ2n) is 4.52. The fourth-order valence-corrected chi connectivity index (χ4v) is 2.99. The molecule has 0 fully saturated rings. The maximum absolute atomic E-state index is 5.23. The van der Waals surface area contributed by atoms with Crippen molar-refractivity contribution in [2.24, 2.45) is 0 Å². The lowest BCUT2D eigenvalue weighted by molar-refractivity contribution is 0.0988. The molecule has 1 aromatic heterocycles. The van der Waals surface area contributed by atoms with Crippen molar-refractivity contribution in [3.05, 3.63) is 21.9 Å². The van der Waals surface area contributed by atoms with E-state index in [-0.39, 0.29) is 0 Å². The summed E-state index contributed by atoms with van der Waals surface area (Å²) in [4.78, 5) is 5.31. The fourth-order valence-electron chi connectivity index (χ4n) is 1.98. The largest absolute Gasteiger partial charge is 0.383 e. The molecular formula is C14H26N2OS. The highest BCUT2D eigenvalue weighted by Crippen LogP contribution is 2.19. The van der Waals surface area contributed by atoms with E-state index in [4.69, 9.17) is 4.74 Å². The molecule has 1 rings (SSSR count). The van der Waals surface area contributed by atoms with E-state index in [9.17, 15) is 0 Å². The maximum atomic E-state index is 5.23. The average molecular weight is 270 g/mol. The van der Waals surface area contributed by atoms with Gasteiger partial charge in [-0.1, -0.05) is 13.8 Å². The normalized spacial score (nSPS) is 13.2. The Morgan fingerprint density at radius 3 is 2.67 bits per heavy atom. The first-order valence-corrected chi connectivity index (χ1v) is 7.54. The van der Waals surface area contributed by atoms with E-state index in [1.54, 1.807) is 7.11 Å². The first kappa shape index (κ1) is 15.6.